The average molecular weight is 379 g/mol. The van der Waals surface area contributed by atoms with Gasteiger partial charge in [0, 0.05) is 25.2 Å². The fourth-order valence-electron chi connectivity index (χ4n) is 3.49. The van der Waals surface area contributed by atoms with Crippen molar-refractivity contribution in [1.82, 2.24) is 25.2 Å². The molecule has 3 aromatic rings. The van der Waals surface area contributed by atoms with Gasteiger partial charge in [-0.2, -0.15) is 18.3 Å². The summed E-state index contributed by atoms with van der Waals surface area (Å²) in [6, 6.07) is 2.62. The molecular formula is C17H16F3N5O2. The Morgan fingerprint density at radius 3 is 2.93 bits per heavy atom. The lowest BCUT2D eigenvalue weighted by Gasteiger charge is -2.32. The van der Waals surface area contributed by atoms with Gasteiger partial charge in [-0.05, 0) is 31.9 Å². The van der Waals surface area contributed by atoms with Crippen LogP contribution in [0.3, 0.4) is 0 Å². The molecule has 1 atom stereocenters. The number of nitrogens with one attached hydrogen (secondary N) is 1. The Morgan fingerprint density at radius 2 is 2.22 bits per heavy atom. The molecule has 1 aliphatic heterocycles. The quantitative estimate of drug-likeness (QED) is 0.738. The highest BCUT2D eigenvalue weighted by Crippen LogP contribution is 2.38. The van der Waals surface area contributed by atoms with E-state index in [1.54, 1.807) is 11.0 Å². The molecule has 4 heterocycles. The molecule has 1 N–H and O–H groups in total. The standard InChI is InChI=1S/C17H16F3N5O2/c1-9-14-11(17(18,19)20)7-13(22-15(14)27-24-9)10-3-2-6-25(8-10)16(26)12-4-5-21-23-12/h4-5,7,10H,2-3,6,8H2,1H3,(H,21,23)/t10-/m0/s1. The third kappa shape index (κ3) is 3.15. The molecule has 0 unspecified atom stereocenters. The zero-order valence-corrected chi connectivity index (χ0v) is 14.4. The molecule has 1 aliphatic rings. The molecule has 7 nitrogen and oxygen atoms in total. The first-order valence-electron chi connectivity index (χ1n) is 8.47. The molecule has 0 radical (unpaired) electrons. The Labute approximate surface area is 151 Å². The Kier molecular flexibility index (Phi) is 4.12. The first-order chi connectivity index (χ1) is 12.8. The topological polar surface area (TPSA) is 87.9 Å². The molecule has 4 rings (SSSR count). The second-order valence-electron chi connectivity index (χ2n) is 6.60. The number of pyridine rings is 1. The van der Waals surface area contributed by atoms with E-state index < -0.39 is 11.7 Å². The van der Waals surface area contributed by atoms with Crippen molar-refractivity contribution in [1.29, 1.82) is 0 Å². The van der Waals surface area contributed by atoms with E-state index in [0.717, 1.165) is 6.07 Å². The van der Waals surface area contributed by atoms with Gasteiger partial charge in [-0.3, -0.25) is 9.89 Å². The molecule has 27 heavy (non-hydrogen) atoms. The number of likely N-dealkylation sites (tertiary alicyclic amines) is 1. The zero-order valence-electron chi connectivity index (χ0n) is 14.4. The van der Waals surface area contributed by atoms with Crippen molar-refractivity contribution in [3.05, 3.63) is 41.0 Å². The number of aryl methyl sites for hydroxylation is 1. The van der Waals surface area contributed by atoms with Crippen LogP contribution in [0.4, 0.5) is 13.2 Å². The van der Waals surface area contributed by atoms with Gasteiger partial charge in [0.25, 0.3) is 11.6 Å². The highest BCUT2D eigenvalue weighted by atomic mass is 19.4. The smallest absolute Gasteiger partial charge is 0.337 e. The molecule has 10 heteroatoms. The van der Waals surface area contributed by atoms with Crippen LogP contribution >= 0.6 is 0 Å². The van der Waals surface area contributed by atoms with Crippen LogP contribution in [-0.2, 0) is 6.18 Å². The maximum absolute atomic E-state index is 13.5. The van der Waals surface area contributed by atoms with Crippen LogP contribution in [-0.4, -0.2) is 44.2 Å². The summed E-state index contributed by atoms with van der Waals surface area (Å²) in [6.45, 7) is 2.26. The summed E-state index contributed by atoms with van der Waals surface area (Å²) in [6.07, 6.45) is -1.77. The third-order valence-electron chi connectivity index (χ3n) is 4.80. The number of fused-ring (bicyclic) bond motifs is 1. The van der Waals surface area contributed by atoms with Crippen LogP contribution in [0.2, 0.25) is 0 Å². The molecule has 3 aromatic heterocycles. The van der Waals surface area contributed by atoms with Gasteiger partial charge >= 0.3 is 6.18 Å². The Hall–Kier alpha value is -2.91. The minimum atomic E-state index is -4.55. The first-order valence-corrected chi connectivity index (χ1v) is 8.47. The van der Waals surface area contributed by atoms with E-state index in [2.05, 4.69) is 20.3 Å². The van der Waals surface area contributed by atoms with Crippen molar-refractivity contribution in [2.45, 2.75) is 31.9 Å². The number of H-pyrrole nitrogens is 1. The van der Waals surface area contributed by atoms with Crippen molar-refractivity contribution < 1.29 is 22.5 Å². The van der Waals surface area contributed by atoms with Crippen LogP contribution in [0.5, 0.6) is 0 Å². The molecular weight excluding hydrogens is 363 g/mol. The van der Waals surface area contributed by atoms with Crippen molar-refractivity contribution in [2.24, 2.45) is 0 Å². The summed E-state index contributed by atoms with van der Waals surface area (Å²) in [4.78, 5) is 18.4. The maximum atomic E-state index is 13.5. The number of amides is 1. The fourth-order valence-corrected chi connectivity index (χ4v) is 3.49. The summed E-state index contributed by atoms with van der Waals surface area (Å²) in [5.74, 6) is -0.550. The van der Waals surface area contributed by atoms with Gasteiger partial charge in [-0.15, -0.1) is 0 Å². The molecule has 0 bridgehead atoms. The molecule has 0 aromatic carbocycles. The maximum Gasteiger partial charge on any atom is 0.417 e. The summed E-state index contributed by atoms with van der Waals surface area (Å²) in [7, 11) is 0. The number of hydrogen-bond acceptors (Lipinski definition) is 5. The van der Waals surface area contributed by atoms with Gasteiger partial charge in [-0.1, -0.05) is 5.16 Å². The van der Waals surface area contributed by atoms with E-state index in [-0.39, 0.29) is 40.9 Å². The molecule has 0 saturated carbocycles. The zero-order chi connectivity index (χ0) is 19.2. The van der Waals surface area contributed by atoms with Gasteiger partial charge in [0.1, 0.15) is 5.69 Å². The van der Waals surface area contributed by atoms with Crippen LogP contribution < -0.4 is 0 Å². The van der Waals surface area contributed by atoms with Gasteiger partial charge in [0.05, 0.1) is 22.3 Å². The molecule has 0 aliphatic carbocycles. The van der Waals surface area contributed by atoms with E-state index in [4.69, 9.17) is 4.52 Å². The molecule has 1 fully saturated rings. The van der Waals surface area contributed by atoms with Crippen molar-refractivity contribution >= 4 is 17.0 Å². The fraction of sp³-hybridized carbons (Fsp3) is 0.412. The second kappa shape index (κ2) is 6.36. The summed E-state index contributed by atoms with van der Waals surface area (Å²) < 4.78 is 45.6. The number of halogens is 3. The number of carbonyl (C=O) groups excluding carboxylic acids is 1. The highest BCUT2D eigenvalue weighted by Gasteiger charge is 2.37. The number of aromatic amines is 1. The normalized spacial score (nSPS) is 18.2. The lowest BCUT2D eigenvalue weighted by atomic mass is 9.92. The minimum absolute atomic E-state index is 0.118. The van der Waals surface area contributed by atoms with Gasteiger partial charge in [0.15, 0.2) is 0 Å². The number of rotatable bonds is 2. The van der Waals surface area contributed by atoms with E-state index >= 15 is 0 Å². The van der Waals surface area contributed by atoms with Gasteiger partial charge in [-0.25, -0.2) is 4.98 Å². The van der Waals surface area contributed by atoms with Crippen molar-refractivity contribution in [2.75, 3.05) is 13.1 Å². The molecule has 1 amide bonds. The molecule has 0 spiro atoms. The number of aromatic nitrogens is 4. The second-order valence-corrected chi connectivity index (χ2v) is 6.60. The van der Waals surface area contributed by atoms with Crippen molar-refractivity contribution in [3.63, 3.8) is 0 Å². The lowest BCUT2D eigenvalue weighted by molar-refractivity contribution is -0.136. The minimum Gasteiger partial charge on any atom is -0.337 e. The largest absolute Gasteiger partial charge is 0.417 e. The predicted octanol–water partition coefficient (Wildman–Crippen LogP) is 3.29. The molecule has 1 saturated heterocycles. The van der Waals surface area contributed by atoms with Crippen LogP contribution in [0.1, 0.15) is 46.2 Å². The van der Waals surface area contributed by atoms with Gasteiger partial charge in [0.2, 0.25) is 0 Å². The van der Waals surface area contributed by atoms with Crippen LogP contribution in [0.15, 0.2) is 22.9 Å². The Balaban J connectivity index is 1.68. The van der Waals surface area contributed by atoms with Crippen LogP contribution in [0.25, 0.3) is 11.1 Å². The van der Waals surface area contributed by atoms with E-state index in [1.165, 1.54) is 13.1 Å². The average Bonchev–Trinajstić information content (AvgIpc) is 3.30. The first kappa shape index (κ1) is 17.5. The summed E-state index contributed by atoms with van der Waals surface area (Å²) in [5, 5.41) is 9.88. The van der Waals surface area contributed by atoms with E-state index in [1.807, 2.05) is 0 Å². The van der Waals surface area contributed by atoms with Crippen molar-refractivity contribution in [3.8, 4) is 0 Å². The van der Waals surface area contributed by atoms with E-state index in [9.17, 15) is 18.0 Å². The third-order valence-corrected chi connectivity index (χ3v) is 4.80. The SMILES string of the molecule is Cc1noc2nc([C@H]3CCCN(C(=O)c4ccn[nH]4)C3)cc(C(F)(F)F)c12. The number of alkyl halides is 3. The number of piperidine rings is 1. The molecule has 142 valence electrons. The lowest BCUT2D eigenvalue weighted by Crippen LogP contribution is -2.39. The highest BCUT2D eigenvalue weighted by molar-refractivity contribution is 5.92. The predicted molar refractivity (Wildman–Crippen MR) is 88.0 cm³/mol. The van der Waals surface area contributed by atoms with Gasteiger partial charge < -0.3 is 9.42 Å². The number of carbonyl (C=O) groups is 1. The van der Waals surface area contributed by atoms with E-state index in [0.29, 0.717) is 25.1 Å². The number of nitrogens with zero attached hydrogens (tertiary/aromatic N) is 4. The summed E-state index contributed by atoms with van der Waals surface area (Å²) >= 11 is 0. The summed E-state index contributed by atoms with van der Waals surface area (Å²) in [5.41, 5.74) is -0.183. The van der Waals surface area contributed by atoms with Crippen LogP contribution in [0, 0.1) is 6.92 Å². The number of hydrogen-bond donors (Lipinski definition) is 1. The Morgan fingerprint density at radius 1 is 1.41 bits per heavy atom. The monoisotopic (exact) mass is 379 g/mol. The Bertz CT molecular complexity index is 981.